The monoisotopic (exact) mass is 464 g/mol. The van der Waals surface area contributed by atoms with Crippen molar-refractivity contribution >= 4 is 17.3 Å². The van der Waals surface area contributed by atoms with Crippen molar-refractivity contribution < 1.29 is 14.1 Å². The molecule has 1 aromatic carbocycles. The number of halogens is 1. The van der Waals surface area contributed by atoms with Crippen molar-refractivity contribution in [3.05, 3.63) is 70.0 Å². The molecule has 4 aliphatic rings. The van der Waals surface area contributed by atoms with Gasteiger partial charge in [-0.25, -0.2) is 4.39 Å². The first-order valence-corrected chi connectivity index (χ1v) is 11.7. The summed E-state index contributed by atoms with van der Waals surface area (Å²) in [5.74, 6) is 1.01. The summed E-state index contributed by atoms with van der Waals surface area (Å²) >= 11 is 0. The summed E-state index contributed by atoms with van der Waals surface area (Å²) in [6, 6.07) is 6.08. The van der Waals surface area contributed by atoms with E-state index in [0.717, 1.165) is 24.8 Å². The zero-order chi connectivity index (χ0) is 23.4. The minimum Gasteiger partial charge on any atom is -0.318 e. The number of rotatable bonds is 6. The van der Waals surface area contributed by atoms with Crippen molar-refractivity contribution in [3.8, 4) is 0 Å². The van der Waals surface area contributed by atoms with Crippen LogP contribution in [0.3, 0.4) is 0 Å². The Morgan fingerprint density at radius 1 is 1.12 bits per heavy atom. The number of carbonyl (C=O) groups excluding carboxylic acids is 1. The lowest BCUT2D eigenvalue weighted by Gasteiger charge is -2.56. The van der Waals surface area contributed by atoms with Gasteiger partial charge in [0.15, 0.2) is 0 Å². The Hall–Kier alpha value is -3.56. The Balaban J connectivity index is 1.22. The quantitative estimate of drug-likeness (QED) is 0.431. The second-order valence-corrected chi connectivity index (χ2v) is 10.2. The normalized spacial score (nSPS) is 27.1. The van der Waals surface area contributed by atoms with Gasteiger partial charge in [-0.2, -0.15) is 10.2 Å². The summed E-state index contributed by atoms with van der Waals surface area (Å²) < 4.78 is 16.4. The minimum atomic E-state index is -0.628. The molecule has 7 rings (SSSR count). The molecule has 9 nitrogen and oxygen atoms in total. The molecule has 4 fully saturated rings. The Morgan fingerprint density at radius 2 is 1.76 bits per heavy atom. The van der Waals surface area contributed by atoms with Crippen LogP contribution in [0.15, 0.2) is 42.9 Å². The molecule has 4 bridgehead atoms. The van der Waals surface area contributed by atoms with Crippen LogP contribution in [-0.4, -0.2) is 30.4 Å². The fourth-order valence-corrected chi connectivity index (χ4v) is 6.73. The van der Waals surface area contributed by atoms with Crippen molar-refractivity contribution in [2.24, 2.45) is 17.8 Å². The van der Waals surface area contributed by atoms with Crippen LogP contribution in [0.1, 0.15) is 54.6 Å². The second kappa shape index (κ2) is 7.75. The predicted molar refractivity (Wildman–Crippen MR) is 121 cm³/mol. The second-order valence-electron chi connectivity index (χ2n) is 10.2. The first-order chi connectivity index (χ1) is 16.4. The van der Waals surface area contributed by atoms with E-state index in [1.165, 1.54) is 43.8 Å². The van der Waals surface area contributed by atoms with Gasteiger partial charge in [-0.3, -0.25) is 24.3 Å². The van der Waals surface area contributed by atoms with Crippen molar-refractivity contribution in [1.82, 2.24) is 19.6 Å². The molecule has 0 radical (unpaired) electrons. The van der Waals surface area contributed by atoms with Crippen LogP contribution in [0.4, 0.5) is 15.8 Å². The van der Waals surface area contributed by atoms with E-state index in [2.05, 4.69) is 15.5 Å². The van der Waals surface area contributed by atoms with E-state index in [0.29, 0.717) is 30.0 Å². The number of hydrogen-bond donors (Lipinski definition) is 1. The van der Waals surface area contributed by atoms with Crippen molar-refractivity contribution in [2.45, 2.75) is 50.6 Å². The fraction of sp³-hybridized carbons (Fsp3) is 0.458. The van der Waals surface area contributed by atoms with Gasteiger partial charge in [0, 0.05) is 6.20 Å². The van der Waals surface area contributed by atoms with Gasteiger partial charge in [0.05, 0.1) is 28.9 Å². The molecule has 1 amide bonds. The maximum Gasteiger partial charge on any atom is 0.320 e. The molecule has 4 aliphatic carbocycles. The van der Waals surface area contributed by atoms with Crippen molar-refractivity contribution in [2.75, 3.05) is 5.32 Å². The average molecular weight is 465 g/mol. The Morgan fingerprint density at radius 3 is 2.38 bits per heavy atom. The van der Waals surface area contributed by atoms with Gasteiger partial charge < -0.3 is 5.32 Å². The van der Waals surface area contributed by atoms with Crippen LogP contribution in [0, 0.1) is 33.7 Å². The Labute approximate surface area is 195 Å². The number of amides is 1. The van der Waals surface area contributed by atoms with Gasteiger partial charge in [0.2, 0.25) is 5.69 Å². The van der Waals surface area contributed by atoms with Gasteiger partial charge >= 0.3 is 5.69 Å². The zero-order valence-electron chi connectivity index (χ0n) is 18.6. The first kappa shape index (κ1) is 21.0. The SMILES string of the molecule is O=C(Nc1cnn(Cc2ccc(F)cc2)c1)c1nn(C23CC4CC(CC(C4)C2)C3)cc1[N+](=O)[O-]. The standard InChI is InChI=1S/C24H25FN6O3/c25-19-3-1-15(2-4-19)12-29-13-20(11-26-29)27-23(32)22-21(31(33)34)14-30(28-22)24-8-16-5-17(9-24)7-18(6-16)10-24/h1-4,11,13-14,16-18H,5-10,12H2,(H,27,32). The van der Waals surface area contributed by atoms with Crippen molar-refractivity contribution in [3.63, 3.8) is 0 Å². The number of benzene rings is 1. The molecule has 0 saturated heterocycles. The van der Waals surface area contributed by atoms with E-state index in [9.17, 15) is 19.3 Å². The topological polar surface area (TPSA) is 108 Å². The highest BCUT2D eigenvalue weighted by molar-refractivity contribution is 6.05. The largest absolute Gasteiger partial charge is 0.320 e. The van der Waals surface area contributed by atoms with Crippen LogP contribution >= 0.6 is 0 Å². The zero-order valence-corrected chi connectivity index (χ0v) is 18.6. The van der Waals surface area contributed by atoms with Crippen LogP contribution < -0.4 is 5.32 Å². The molecule has 2 heterocycles. The molecule has 34 heavy (non-hydrogen) atoms. The number of hydrogen-bond acceptors (Lipinski definition) is 5. The maximum atomic E-state index is 13.1. The van der Waals surface area contributed by atoms with Gasteiger partial charge in [-0.15, -0.1) is 0 Å². The molecule has 0 atom stereocenters. The molecule has 0 unspecified atom stereocenters. The molecule has 4 saturated carbocycles. The predicted octanol–water partition coefficient (Wildman–Crippen LogP) is 4.35. The lowest BCUT2D eigenvalue weighted by molar-refractivity contribution is -0.385. The molecular formula is C24H25FN6O3. The molecule has 10 heteroatoms. The molecular weight excluding hydrogens is 439 g/mol. The first-order valence-electron chi connectivity index (χ1n) is 11.7. The van der Waals surface area contributed by atoms with E-state index in [-0.39, 0.29) is 22.7 Å². The van der Waals surface area contributed by atoms with Gasteiger partial charge in [-0.1, -0.05) is 12.1 Å². The lowest BCUT2D eigenvalue weighted by Crippen LogP contribution is -2.52. The molecule has 0 aliphatic heterocycles. The summed E-state index contributed by atoms with van der Waals surface area (Å²) in [7, 11) is 0. The highest BCUT2D eigenvalue weighted by Crippen LogP contribution is 2.58. The Bertz CT molecular complexity index is 1230. The third-order valence-corrected chi connectivity index (χ3v) is 7.75. The van der Waals surface area contributed by atoms with E-state index in [1.54, 1.807) is 27.7 Å². The fourth-order valence-electron chi connectivity index (χ4n) is 6.73. The molecule has 1 N–H and O–H groups in total. The summed E-state index contributed by atoms with van der Waals surface area (Å²) in [5.41, 5.74) is 0.606. The molecule has 176 valence electrons. The lowest BCUT2D eigenvalue weighted by atomic mass is 9.53. The number of nitrogens with one attached hydrogen (secondary N) is 1. The van der Waals surface area contributed by atoms with Gasteiger partial charge in [-0.05, 0) is 74.0 Å². The maximum absolute atomic E-state index is 13.1. The number of nitro groups is 1. The number of carbonyl (C=O) groups is 1. The molecule has 0 spiro atoms. The van der Waals surface area contributed by atoms with E-state index >= 15 is 0 Å². The Kier molecular flexibility index (Phi) is 4.79. The van der Waals surface area contributed by atoms with Gasteiger partial charge in [0.1, 0.15) is 12.0 Å². The highest BCUT2D eigenvalue weighted by atomic mass is 19.1. The van der Waals surface area contributed by atoms with Crippen LogP contribution in [0.5, 0.6) is 0 Å². The number of anilines is 1. The smallest absolute Gasteiger partial charge is 0.318 e. The molecule has 3 aromatic rings. The van der Waals surface area contributed by atoms with Crippen molar-refractivity contribution in [1.29, 1.82) is 0 Å². The third kappa shape index (κ3) is 3.66. The van der Waals surface area contributed by atoms with Crippen LogP contribution in [0.25, 0.3) is 0 Å². The van der Waals surface area contributed by atoms with E-state index < -0.39 is 10.8 Å². The van der Waals surface area contributed by atoms with E-state index in [1.807, 2.05) is 0 Å². The summed E-state index contributed by atoms with van der Waals surface area (Å²) in [6.45, 7) is 0.400. The average Bonchev–Trinajstić information content (AvgIpc) is 3.42. The van der Waals surface area contributed by atoms with E-state index in [4.69, 9.17) is 0 Å². The highest BCUT2D eigenvalue weighted by Gasteiger charge is 2.53. The number of nitrogens with zero attached hydrogens (tertiary/aromatic N) is 5. The number of aromatic nitrogens is 4. The van der Waals surface area contributed by atoms with Gasteiger partial charge in [0.25, 0.3) is 5.91 Å². The van der Waals surface area contributed by atoms with Crippen LogP contribution in [0.2, 0.25) is 0 Å². The summed E-state index contributed by atoms with van der Waals surface area (Å²) in [4.78, 5) is 24.3. The summed E-state index contributed by atoms with van der Waals surface area (Å²) in [6.07, 6.45) is 11.2. The van der Waals surface area contributed by atoms with Crippen LogP contribution in [-0.2, 0) is 12.1 Å². The molecule has 2 aromatic heterocycles. The third-order valence-electron chi connectivity index (χ3n) is 7.75. The minimum absolute atomic E-state index is 0.174. The summed E-state index contributed by atoms with van der Waals surface area (Å²) in [5, 5.41) is 23.2.